The van der Waals surface area contributed by atoms with Gasteiger partial charge in [0.1, 0.15) is 29.2 Å². The Morgan fingerprint density at radius 2 is 1.36 bits per heavy atom. The summed E-state index contributed by atoms with van der Waals surface area (Å²) in [4.78, 5) is 43.1. The Bertz CT molecular complexity index is 1180. The van der Waals surface area contributed by atoms with E-state index in [1.807, 2.05) is 27.7 Å². The zero-order valence-corrected chi connectivity index (χ0v) is 26.5. The van der Waals surface area contributed by atoms with Gasteiger partial charge in [-0.15, -0.1) is 0 Å². The molecule has 0 fully saturated rings. The topological polar surface area (TPSA) is 128 Å². The average Bonchev–Trinajstić information content (AvgIpc) is 2.84. The van der Waals surface area contributed by atoms with Crippen molar-refractivity contribution in [2.75, 3.05) is 0 Å². The first-order valence-corrected chi connectivity index (χ1v) is 14.6. The van der Waals surface area contributed by atoms with E-state index in [9.17, 15) is 24.6 Å². The number of nitrogens with one attached hydrogen (secondary N) is 2. The number of carbonyl (C=O) groups excluding carboxylic acids is 3. The molecule has 0 saturated heterocycles. The number of phenolic OH excluding ortho intramolecular Hbond substituents is 2. The first-order valence-electron chi connectivity index (χ1n) is 14.6. The van der Waals surface area contributed by atoms with Crippen LogP contribution in [0.2, 0.25) is 0 Å². The molecule has 0 aromatic heterocycles. The molecule has 3 amide bonds. The number of carbonyl (C=O) groups is 3. The van der Waals surface area contributed by atoms with Gasteiger partial charge in [0.2, 0.25) is 11.8 Å². The highest BCUT2D eigenvalue weighted by Crippen LogP contribution is 2.30. The fourth-order valence-electron chi connectivity index (χ4n) is 4.54. The molecule has 0 heterocycles. The fourth-order valence-corrected chi connectivity index (χ4v) is 4.54. The summed E-state index contributed by atoms with van der Waals surface area (Å²) in [5, 5.41) is 25.5. The molecule has 0 bridgehead atoms. The number of hydrogen-bond acceptors (Lipinski definition) is 6. The molecule has 42 heavy (non-hydrogen) atoms. The number of benzene rings is 2. The third-order valence-corrected chi connectivity index (χ3v) is 6.49. The van der Waals surface area contributed by atoms with Crippen molar-refractivity contribution in [2.24, 2.45) is 5.92 Å². The zero-order chi connectivity index (χ0) is 31.8. The lowest BCUT2D eigenvalue weighted by atomic mass is 9.95. The van der Waals surface area contributed by atoms with Gasteiger partial charge in [0, 0.05) is 18.0 Å². The predicted molar refractivity (Wildman–Crippen MR) is 164 cm³/mol. The van der Waals surface area contributed by atoms with Crippen LogP contribution in [0.25, 0.3) is 0 Å². The van der Waals surface area contributed by atoms with E-state index in [0.717, 1.165) is 6.42 Å². The SMILES string of the molecule is CC(C)CCC(C)N(C(=O)C(Cc1ccc(O)cc1)NC(=O)OC(C)(C)C)C(C(=O)NC(C)(C)C)c1ccc(O)cc1. The summed E-state index contributed by atoms with van der Waals surface area (Å²) in [5.41, 5.74) is -0.137. The molecule has 2 aromatic carbocycles. The molecule has 2 aromatic rings. The molecule has 9 heteroatoms. The smallest absolute Gasteiger partial charge is 0.408 e. The number of amides is 3. The Morgan fingerprint density at radius 3 is 1.83 bits per heavy atom. The van der Waals surface area contributed by atoms with Crippen LogP contribution in [0.15, 0.2) is 48.5 Å². The number of phenols is 2. The van der Waals surface area contributed by atoms with Gasteiger partial charge in [-0.05, 0) is 103 Å². The van der Waals surface area contributed by atoms with E-state index < -0.39 is 35.2 Å². The molecule has 3 unspecified atom stereocenters. The lowest BCUT2D eigenvalue weighted by Crippen LogP contribution is -2.57. The van der Waals surface area contributed by atoms with E-state index in [4.69, 9.17) is 4.74 Å². The first-order chi connectivity index (χ1) is 19.4. The van der Waals surface area contributed by atoms with E-state index in [-0.39, 0.29) is 29.9 Å². The summed E-state index contributed by atoms with van der Waals surface area (Å²) < 4.78 is 5.50. The summed E-state index contributed by atoms with van der Waals surface area (Å²) in [6.07, 6.45) is 0.791. The van der Waals surface area contributed by atoms with Crippen molar-refractivity contribution in [1.29, 1.82) is 0 Å². The second-order valence-corrected chi connectivity index (χ2v) is 13.4. The van der Waals surface area contributed by atoms with Crippen LogP contribution in [-0.4, -0.2) is 56.2 Å². The van der Waals surface area contributed by atoms with Gasteiger partial charge in [-0.3, -0.25) is 9.59 Å². The first kappa shape index (κ1) is 34.5. The van der Waals surface area contributed by atoms with Gasteiger partial charge < -0.3 is 30.5 Å². The van der Waals surface area contributed by atoms with Crippen molar-refractivity contribution in [1.82, 2.24) is 15.5 Å². The van der Waals surface area contributed by atoms with Gasteiger partial charge in [-0.25, -0.2) is 4.79 Å². The Labute approximate surface area is 250 Å². The van der Waals surface area contributed by atoms with Crippen LogP contribution in [0, 0.1) is 5.92 Å². The van der Waals surface area contributed by atoms with Gasteiger partial charge >= 0.3 is 6.09 Å². The molecule has 2 rings (SSSR count). The molecule has 0 radical (unpaired) electrons. The Kier molecular flexibility index (Phi) is 11.8. The van der Waals surface area contributed by atoms with E-state index >= 15 is 0 Å². The van der Waals surface area contributed by atoms with Crippen LogP contribution in [-0.2, 0) is 20.7 Å². The highest BCUT2D eigenvalue weighted by molar-refractivity contribution is 5.92. The van der Waals surface area contributed by atoms with Crippen LogP contribution in [0.1, 0.15) is 92.3 Å². The molecule has 4 N–H and O–H groups in total. The standard InChI is InChI=1S/C33H49N3O6/c1-21(2)10-11-22(3)36(28(29(39)35-32(4,5)6)24-14-18-26(38)19-15-24)30(40)27(34-31(41)42-33(7,8)9)20-23-12-16-25(37)17-13-23/h12-19,21-22,27-28,37-38H,10-11,20H2,1-9H3,(H,34,41)(H,35,39). The minimum Gasteiger partial charge on any atom is -0.508 e. The van der Waals surface area contributed by atoms with E-state index in [1.54, 1.807) is 49.9 Å². The van der Waals surface area contributed by atoms with Gasteiger partial charge in [0.05, 0.1) is 0 Å². The number of alkyl carbamates (subject to hydrolysis) is 1. The number of aromatic hydroxyl groups is 2. The van der Waals surface area contributed by atoms with Crippen molar-refractivity contribution in [3.05, 3.63) is 59.7 Å². The third-order valence-electron chi connectivity index (χ3n) is 6.49. The summed E-state index contributed by atoms with van der Waals surface area (Å²) >= 11 is 0. The van der Waals surface area contributed by atoms with E-state index in [1.165, 1.54) is 24.3 Å². The molecule has 0 saturated carbocycles. The van der Waals surface area contributed by atoms with E-state index in [0.29, 0.717) is 23.5 Å². The second-order valence-electron chi connectivity index (χ2n) is 13.4. The van der Waals surface area contributed by atoms with Crippen LogP contribution >= 0.6 is 0 Å². The van der Waals surface area contributed by atoms with Crippen molar-refractivity contribution >= 4 is 17.9 Å². The predicted octanol–water partition coefficient (Wildman–Crippen LogP) is 5.84. The van der Waals surface area contributed by atoms with Crippen LogP contribution < -0.4 is 10.6 Å². The lowest BCUT2D eigenvalue weighted by molar-refractivity contribution is -0.145. The number of ether oxygens (including phenoxy) is 1. The number of hydrogen-bond donors (Lipinski definition) is 4. The van der Waals surface area contributed by atoms with Crippen molar-refractivity contribution in [3.63, 3.8) is 0 Å². The monoisotopic (exact) mass is 583 g/mol. The summed E-state index contributed by atoms with van der Waals surface area (Å²) in [5.74, 6) is -0.341. The van der Waals surface area contributed by atoms with Gasteiger partial charge in [-0.2, -0.15) is 0 Å². The fraction of sp³-hybridized carbons (Fsp3) is 0.545. The normalized spacial score (nSPS) is 14.0. The van der Waals surface area contributed by atoms with Gasteiger partial charge in [0.25, 0.3) is 0 Å². The molecule has 0 spiro atoms. The zero-order valence-electron chi connectivity index (χ0n) is 26.5. The quantitative estimate of drug-likeness (QED) is 0.263. The Morgan fingerprint density at radius 1 is 0.833 bits per heavy atom. The van der Waals surface area contributed by atoms with Gasteiger partial charge in [-0.1, -0.05) is 38.1 Å². The second kappa shape index (κ2) is 14.4. The number of rotatable bonds is 11. The highest BCUT2D eigenvalue weighted by Gasteiger charge is 2.39. The van der Waals surface area contributed by atoms with Crippen LogP contribution in [0.4, 0.5) is 4.79 Å². The van der Waals surface area contributed by atoms with Crippen molar-refractivity contribution < 1.29 is 29.3 Å². The van der Waals surface area contributed by atoms with Crippen molar-refractivity contribution in [3.8, 4) is 11.5 Å². The minimum atomic E-state index is -1.08. The number of nitrogens with zero attached hydrogens (tertiary/aromatic N) is 1. The molecule has 0 aliphatic heterocycles. The Hall–Kier alpha value is -3.75. The maximum absolute atomic E-state index is 14.6. The average molecular weight is 584 g/mol. The van der Waals surface area contributed by atoms with Crippen LogP contribution in [0.3, 0.4) is 0 Å². The summed E-state index contributed by atoms with van der Waals surface area (Å²) in [6, 6.07) is 10.1. The molecule has 0 aliphatic carbocycles. The molecular formula is C33H49N3O6. The van der Waals surface area contributed by atoms with Crippen molar-refractivity contribution in [2.45, 2.75) is 111 Å². The largest absolute Gasteiger partial charge is 0.508 e. The molecule has 232 valence electrons. The minimum absolute atomic E-state index is 0.0382. The summed E-state index contributed by atoms with van der Waals surface area (Å²) in [6.45, 7) is 16.9. The lowest BCUT2D eigenvalue weighted by Gasteiger charge is -2.40. The molecule has 9 nitrogen and oxygen atoms in total. The highest BCUT2D eigenvalue weighted by atomic mass is 16.6. The van der Waals surface area contributed by atoms with Gasteiger partial charge in [0.15, 0.2) is 0 Å². The third kappa shape index (κ3) is 11.3. The Balaban J connectivity index is 2.66. The maximum Gasteiger partial charge on any atom is 0.408 e. The van der Waals surface area contributed by atoms with Crippen LogP contribution in [0.5, 0.6) is 11.5 Å². The maximum atomic E-state index is 14.6. The van der Waals surface area contributed by atoms with E-state index in [2.05, 4.69) is 24.5 Å². The summed E-state index contributed by atoms with van der Waals surface area (Å²) in [7, 11) is 0. The molecular weight excluding hydrogens is 534 g/mol. The molecule has 0 aliphatic rings. The molecule has 3 atom stereocenters.